The number of phenols is 1. The standard InChI is InChI=1S/C19H20N4O3S/c1-11(2)27-19-21-14-6-5-13(9-15(14)22-19)18(25)23-20-10-12-4-7-16(24)17(8-12)26-3/h4-11,24H,1-3H3,(H,21,22)(H,23,25)/b20-10-. The Hall–Kier alpha value is -3.00. The zero-order chi connectivity index (χ0) is 19.4. The molecule has 0 saturated carbocycles. The van der Waals surface area contributed by atoms with Crippen LogP contribution in [0.2, 0.25) is 0 Å². The molecule has 1 aromatic heterocycles. The van der Waals surface area contributed by atoms with E-state index in [2.05, 4.69) is 34.3 Å². The summed E-state index contributed by atoms with van der Waals surface area (Å²) in [7, 11) is 1.47. The Balaban J connectivity index is 1.70. The largest absolute Gasteiger partial charge is 0.504 e. The number of thioether (sulfide) groups is 1. The molecule has 0 unspecified atom stereocenters. The highest BCUT2D eigenvalue weighted by atomic mass is 32.2. The Morgan fingerprint density at radius 2 is 2.15 bits per heavy atom. The van der Waals surface area contributed by atoms with Crippen LogP contribution in [-0.2, 0) is 0 Å². The van der Waals surface area contributed by atoms with Gasteiger partial charge >= 0.3 is 0 Å². The van der Waals surface area contributed by atoms with Crippen molar-refractivity contribution in [3.63, 3.8) is 0 Å². The highest BCUT2D eigenvalue weighted by Gasteiger charge is 2.10. The van der Waals surface area contributed by atoms with Crippen LogP contribution < -0.4 is 10.2 Å². The Morgan fingerprint density at radius 3 is 2.89 bits per heavy atom. The molecule has 0 bridgehead atoms. The number of nitrogens with one attached hydrogen (secondary N) is 2. The first-order chi connectivity index (χ1) is 13.0. The number of nitrogens with zero attached hydrogens (tertiary/aromatic N) is 2. The predicted octanol–water partition coefficient (Wildman–Crippen LogP) is 3.54. The number of aromatic hydroxyl groups is 1. The van der Waals surface area contributed by atoms with Crippen LogP contribution in [0.4, 0.5) is 0 Å². The van der Waals surface area contributed by atoms with Crippen molar-refractivity contribution in [2.24, 2.45) is 5.10 Å². The van der Waals surface area contributed by atoms with E-state index in [-0.39, 0.29) is 11.7 Å². The van der Waals surface area contributed by atoms with Crippen LogP contribution in [0.3, 0.4) is 0 Å². The van der Waals surface area contributed by atoms with Crippen molar-refractivity contribution in [2.45, 2.75) is 24.3 Å². The molecule has 140 valence electrons. The zero-order valence-electron chi connectivity index (χ0n) is 15.2. The molecular weight excluding hydrogens is 364 g/mol. The Bertz CT molecular complexity index is 998. The number of carbonyl (C=O) groups excluding carboxylic acids is 1. The lowest BCUT2D eigenvalue weighted by atomic mass is 10.2. The molecule has 0 saturated heterocycles. The molecule has 8 heteroatoms. The van der Waals surface area contributed by atoms with E-state index in [1.165, 1.54) is 19.4 Å². The van der Waals surface area contributed by atoms with Crippen LogP contribution in [0.15, 0.2) is 46.7 Å². The average Bonchev–Trinajstić information content (AvgIpc) is 3.03. The summed E-state index contributed by atoms with van der Waals surface area (Å²) in [6.07, 6.45) is 1.48. The number of ether oxygens (including phenoxy) is 1. The lowest BCUT2D eigenvalue weighted by Crippen LogP contribution is -2.17. The molecule has 0 aliphatic rings. The number of fused-ring (bicyclic) bond motifs is 1. The number of aromatic amines is 1. The summed E-state index contributed by atoms with van der Waals surface area (Å²) in [5, 5.41) is 14.8. The summed E-state index contributed by atoms with van der Waals surface area (Å²) in [5.41, 5.74) is 5.27. The maximum atomic E-state index is 12.3. The molecule has 1 amide bonds. The van der Waals surface area contributed by atoms with Crippen LogP contribution in [0, 0.1) is 0 Å². The summed E-state index contributed by atoms with van der Waals surface area (Å²) in [4.78, 5) is 20.0. The lowest BCUT2D eigenvalue weighted by molar-refractivity contribution is 0.0955. The third kappa shape index (κ3) is 4.59. The van der Waals surface area contributed by atoms with Crippen molar-refractivity contribution in [3.05, 3.63) is 47.5 Å². The highest BCUT2D eigenvalue weighted by Crippen LogP contribution is 2.25. The van der Waals surface area contributed by atoms with Crippen molar-refractivity contribution in [1.82, 2.24) is 15.4 Å². The second kappa shape index (κ2) is 8.13. The molecule has 3 N–H and O–H groups in total. The molecule has 3 rings (SSSR count). The van der Waals surface area contributed by atoms with Crippen LogP contribution in [0.1, 0.15) is 29.8 Å². The number of H-pyrrole nitrogens is 1. The predicted molar refractivity (Wildman–Crippen MR) is 107 cm³/mol. The number of hydrogen-bond acceptors (Lipinski definition) is 6. The Labute approximate surface area is 160 Å². The van der Waals surface area contributed by atoms with E-state index >= 15 is 0 Å². The molecule has 0 atom stereocenters. The maximum Gasteiger partial charge on any atom is 0.271 e. The molecule has 7 nitrogen and oxygen atoms in total. The number of benzene rings is 2. The van der Waals surface area contributed by atoms with Crippen molar-refractivity contribution >= 4 is 34.9 Å². The van der Waals surface area contributed by atoms with Crippen LogP contribution in [0.25, 0.3) is 11.0 Å². The molecular formula is C19H20N4O3S. The minimum atomic E-state index is -0.327. The van der Waals surface area contributed by atoms with Crippen LogP contribution in [0.5, 0.6) is 11.5 Å². The van der Waals surface area contributed by atoms with Gasteiger partial charge in [-0.15, -0.1) is 0 Å². The van der Waals surface area contributed by atoms with E-state index in [1.54, 1.807) is 42.1 Å². The number of methoxy groups -OCH3 is 1. The number of phenolic OH excluding ortho intramolecular Hbond substituents is 1. The number of carbonyl (C=O) groups is 1. The SMILES string of the molecule is COc1cc(/C=N\NC(=O)c2ccc3nc(SC(C)C)[nH]c3c2)ccc1O. The summed E-state index contributed by atoms with van der Waals surface area (Å²) in [5.74, 6) is 0.0538. The number of rotatable bonds is 6. The van der Waals surface area contributed by atoms with Gasteiger partial charge in [0.25, 0.3) is 5.91 Å². The molecule has 2 aromatic carbocycles. The third-order valence-corrected chi connectivity index (χ3v) is 4.54. The van der Waals surface area contributed by atoms with Gasteiger partial charge in [0.1, 0.15) is 0 Å². The van der Waals surface area contributed by atoms with E-state index in [0.29, 0.717) is 22.1 Å². The van der Waals surface area contributed by atoms with Gasteiger partial charge in [-0.05, 0) is 42.0 Å². The number of imidazole rings is 1. The van der Waals surface area contributed by atoms with Gasteiger partial charge < -0.3 is 14.8 Å². The number of hydrogen-bond donors (Lipinski definition) is 3. The Kier molecular flexibility index (Phi) is 5.66. The molecule has 0 fully saturated rings. The molecule has 3 aromatic rings. The topological polar surface area (TPSA) is 99.6 Å². The fourth-order valence-electron chi connectivity index (χ4n) is 2.41. The number of hydrazone groups is 1. The van der Waals surface area contributed by atoms with E-state index in [4.69, 9.17) is 4.74 Å². The average molecular weight is 384 g/mol. The zero-order valence-corrected chi connectivity index (χ0v) is 16.0. The Morgan fingerprint density at radius 1 is 1.33 bits per heavy atom. The molecule has 0 aliphatic carbocycles. The highest BCUT2D eigenvalue weighted by molar-refractivity contribution is 7.99. The van der Waals surface area contributed by atoms with Gasteiger partial charge in [0, 0.05) is 10.8 Å². The van der Waals surface area contributed by atoms with E-state index < -0.39 is 0 Å². The van der Waals surface area contributed by atoms with Gasteiger partial charge in [0.2, 0.25) is 0 Å². The van der Waals surface area contributed by atoms with Gasteiger partial charge in [-0.1, -0.05) is 25.6 Å². The van der Waals surface area contributed by atoms with Crippen molar-refractivity contribution in [2.75, 3.05) is 7.11 Å². The summed E-state index contributed by atoms with van der Waals surface area (Å²) < 4.78 is 5.04. The third-order valence-electron chi connectivity index (χ3n) is 3.65. The molecule has 27 heavy (non-hydrogen) atoms. The summed E-state index contributed by atoms with van der Waals surface area (Å²) >= 11 is 1.64. The first-order valence-electron chi connectivity index (χ1n) is 8.33. The van der Waals surface area contributed by atoms with Gasteiger partial charge in [-0.2, -0.15) is 5.10 Å². The lowest BCUT2D eigenvalue weighted by Gasteiger charge is -2.03. The van der Waals surface area contributed by atoms with Gasteiger partial charge in [0.05, 0.1) is 24.4 Å². The van der Waals surface area contributed by atoms with Crippen LogP contribution >= 0.6 is 11.8 Å². The normalized spacial score (nSPS) is 11.4. The minimum Gasteiger partial charge on any atom is -0.504 e. The second-order valence-electron chi connectivity index (χ2n) is 6.07. The van der Waals surface area contributed by atoms with Crippen molar-refractivity contribution in [1.29, 1.82) is 0 Å². The first-order valence-corrected chi connectivity index (χ1v) is 9.21. The quantitative estimate of drug-likeness (QED) is 0.343. The fraction of sp³-hybridized carbons (Fsp3) is 0.211. The first kappa shape index (κ1) is 18.8. The van der Waals surface area contributed by atoms with Gasteiger partial charge in [-0.3, -0.25) is 4.79 Å². The van der Waals surface area contributed by atoms with E-state index in [9.17, 15) is 9.90 Å². The van der Waals surface area contributed by atoms with Crippen LogP contribution in [-0.4, -0.2) is 39.6 Å². The van der Waals surface area contributed by atoms with E-state index in [1.807, 2.05) is 0 Å². The molecule has 1 heterocycles. The maximum absolute atomic E-state index is 12.3. The number of aromatic nitrogens is 2. The second-order valence-corrected chi connectivity index (χ2v) is 7.64. The fourth-order valence-corrected chi connectivity index (χ4v) is 3.18. The molecule has 0 radical (unpaired) electrons. The minimum absolute atomic E-state index is 0.0431. The van der Waals surface area contributed by atoms with Crippen molar-refractivity contribution in [3.8, 4) is 11.5 Å². The molecule has 0 aliphatic heterocycles. The number of amides is 1. The molecule has 0 spiro atoms. The van der Waals surface area contributed by atoms with Gasteiger partial charge in [-0.25, -0.2) is 10.4 Å². The summed E-state index contributed by atoms with van der Waals surface area (Å²) in [6.45, 7) is 4.19. The summed E-state index contributed by atoms with van der Waals surface area (Å²) in [6, 6.07) is 10.1. The van der Waals surface area contributed by atoms with Crippen molar-refractivity contribution < 1.29 is 14.6 Å². The van der Waals surface area contributed by atoms with Gasteiger partial charge in [0.15, 0.2) is 16.7 Å². The monoisotopic (exact) mass is 384 g/mol. The smallest absolute Gasteiger partial charge is 0.271 e. The van der Waals surface area contributed by atoms with E-state index in [0.717, 1.165) is 16.2 Å².